The summed E-state index contributed by atoms with van der Waals surface area (Å²) in [5.74, 6) is -0.967. The number of hydrogen-bond acceptors (Lipinski definition) is 5. The number of ether oxygens (including phenoxy) is 2. The smallest absolute Gasteiger partial charge is 0.329 e. The third-order valence-corrected chi connectivity index (χ3v) is 6.04. The number of amides is 4. The van der Waals surface area contributed by atoms with Crippen molar-refractivity contribution in [2.75, 3.05) is 18.5 Å². The lowest BCUT2D eigenvalue weighted by molar-refractivity contribution is -0.127. The van der Waals surface area contributed by atoms with E-state index in [4.69, 9.17) is 9.47 Å². The van der Waals surface area contributed by atoms with Crippen molar-refractivity contribution in [1.82, 2.24) is 10.2 Å². The van der Waals surface area contributed by atoms with E-state index in [-0.39, 0.29) is 11.4 Å². The van der Waals surface area contributed by atoms with E-state index >= 15 is 0 Å². The van der Waals surface area contributed by atoms with E-state index in [1.54, 1.807) is 18.2 Å². The molecule has 4 amide bonds. The molecule has 1 heterocycles. The fourth-order valence-electron chi connectivity index (χ4n) is 4.12. The van der Waals surface area contributed by atoms with Crippen molar-refractivity contribution in [1.29, 1.82) is 0 Å². The number of carbonyl (C=O) groups is 3. The summed E-state index contributed by atoms with van der Waals surface area (Å²) >= 11 is 0. The van der Waals surface area contributed by atoms with Gasteiger partial charge in [0.1, 0.15) is 24.7 Å². The second kappa shape index (κ2) is 12.8. The van der Waals surface area contributed by atoms with Gasteiger partial charge in [0.2, 0.25) is 5.91 Å². The summed E-state index contributed by atoms with van der Waals surface area (Å²) in [7, 11) is 0. The van der Waals surface area contributed by atoms with Crippen LogP contribution in [0, 0.1) is 12.7 Å². The maximum Gasteiger partial charge on any atom is 0.329 e. The van der Waals surface area contributed by atoms with Crippen LogP contribution in [0.1, 0.15) is 29.2 Å². The quantitative estimate of drug-likeness (QED) is 0.193. The SMILES string of the molecule is C=CCc1cc(/C=C2/NC(=O)N(CC(=O)Nc3ccccc3F)C2=O)cc(OCC)c1OCc1ccc(C)cc1. The summed E-state index contributed by atoms with van der Waals surface area (Å²) in [6.07, 6.45) is 3.72. The number of allylic oxidation sites excluding steroid dienone is 1. The Labute approximate surface area is 232 Å². The minimum absolute atomic E-state index is 0.0102. The molecule has 0 radical (unpaired) electrons. The van der Waals surface area contributed by atoms with Crippen LogP contribution in [0.3, 0.4) is 0 Å². The van der Waals surface area contributed by atoms with Gasteiger partial charge in [-0.2, -0.15) is 0 Å². The number of halogens is 1. The van der Waals surface area contributed by atoms with Crippen molar-refractivity contribution in [3.8, 4) is 11.5 Å². The minimum Gasteiger partial charge on any atom is -0.490 e. The number of carbonyl (C=O) groups excluding carboxylic acids is 3. The van der Waals surface area contributed by atoms with Crippen LogP contribution < -0.4 is 20.1 Å². The van der Waals surface area contributed by atoms with E-state index in [1.165, 1.54) is 24.3 Å². The van der Waals surface area contributed by atoms with Gasteiger partial charge < -0.3 is 20.1 Å². The highest BCUT2D eigenvalue weighted by Crippen LogP contribution is 2.35. The van der Waals surface area contributed by atoms with E-state index in [1.807, 2.05) is 44.2 Å². The number of urea groups is 1. The largest absolute Gasteiger partial charge is 0.490 e. The molecule has 9 heteroatoms. The van der Waals surface area contributed by atoms with Crippen molar-refractivity contribution in [3.05, 3.63) is 107 Å². The predicted octanol–water partition coefficient (Wildman–Crippen LogP) is 5.37. The molecule has 1 aliphatic heterocycles. The Kier molecular flexibility index (Phi) is 8.96. The van der Waals surface area contributed by atoms with Crippen molar-refractivity contribution < 1.29 is 28.2 Å². The Balaban J connectivity index is 1.55. The summed E-state index contributed by atoms with van der Waals surface area (Å²) in [6.45, 7) is 7.86. The molecule has 0 aromatic heterocycles. The molecule has 3 aromatic carbocycles. The zero-order chi connectivity index (χ0) is 28.6. The maximum atomic E-state index is 13.9. The van der Waals surface area contributed by atoms with Crippen LogP contribution in [-0.4, -0.2) is 35.9 Å². The van der Waals surface area contributed by atoms with Crippen LogP contribution in [0.4, 0.5) is 14.9 Å². The van der Waals surface area contributed by atoms with E-state index in [0.717, 1.165) is 21.6 Å². The van der Waals surface area contributed by atoms with E-state index < -0.39 is 30.2 Å². The zero-order valence-electron chi connectivity index (χ0n) is 22.3. The topological polar surface area (TPSA) is 97.0 Å². The first-order chi connectivity index (χ1) is 19.3. The third-order valence-electron chi connectivity index (χ3n) is 6.04. The van der Waals surface area contributed by atoms with Crippen LogP contribution in [-0.2, 0) is 22.6 Å². The summed E-state index contributed by atoms with van der Waals surface area (Å²) in [6, 6.07) is 16.4. The van der Waals surface area contributed by atoms with E-state index in [0.29, 0.717) is 36.7 Å². The van der Waals surface area contributed by atoms with Crippen LogP contribution in [0.25, 0.3) is 6.08 Å². The summed E-state index contributed by atoms with van der Waals surface area (Å²) in [4.78, 5) is 38.7. The molecule has 1 aliphatic rings. The van der Waals surface area contributed by atoms with Gasteiger partial charge in [-0.05, 0) is 61.7 Å². The number of benzene rings is 3. The van der Waals surface area contributed by atoms with E-state index in [2.05, 4.69) is 17.2 Å². The van der Waals surface area contributed by atoms with Gasteiger partial charge in [0.05, 0.1) is 12.3 Å². The van der Waals surface area contributed by atoms with Crippen LogP contribution in [0.2, 0.25) is 0 Å². The molecule has 0 spiro atoms. The lowest BCUT2D eigenvalue weighted by atomic mass is 10.0. The molecule has 0 unspecified atom stereocenters. The normalized spacial score (nSPS) is 13.8. The lowest BCUT2D eigenvalue weighted by Crippen LogP contribution is -2.38. The zero-order valence-corrected chi connectivity index (χ0v) is 22.3. The van der Waals surface area contributed by atoms with Gasteiger partial charge in [0.15, 0.2) is 11.5 Å². The first kappa shape index (κ1) is 28.1. The van der Waals surface area contributed by atoms with Gasteiger partial charge in [-0.15, -0.1) is 6.58 Å². The Bertz CT molecular complexity index is 1470. The molecule has 4 rings (SSSR count). The standard InChI is InChI=1S/C31H30FN3O5/c1-4-8-23-15-22(17-27(39-5-2)29(23)40-19-21-13-11-20(3)12-14-21)16-26-30(37)35(31(38)34-26)18-28(36)33-25-10-7-6-9-24(25)32/h4,6-7,9-17H,1,5,8,18-19H2,2-3H3,(H,33,36)(H,34,38)/b26-16+. The highest BCUT2D eigenvalue weighted by molar-refractivity contribution is 6.16. The number of hydrogen-bond donors (Lipinski definition) is 2. The van der Waals surface area contributed by atoms with Crippen molar-refractivity contribution in [2.45, 2.75) is 26.9 Å². The summed E-state index contributed by atoms with van der Waals surface area (Å²) in [5, 5.41) is 4.88. The number of nitrogens with zero attached hydrogens (tertiary/aromatic N) is 1. The average Bonchev–Trinajstić information content (AvgIpc) is 3.18. The fourth-order valence-corrected chi connectivity index (χ4v) is 4.12. The van der Waals surface area contributed by atoms with Crippen molar-refractivity contribution in [3.63, 3.8) is 0 Å². The monoisotopic (exact) mass is 543 g/mol. The number of imide groups is 1. The van der Waals surface area contributed by atoms with Crippen molar-refractivity contribution in [2.24, 2.45) is 0 Å². The lowest BCUT2D eigenvalue weighted by Gasteiger charge is -2.17. The van der Waals surface area contributed by atoms with Crippen molar-refractivity contribution >= 4 is 29.6 Å². The molecule has 0 atom stereocenters. The van der Waals surface area contributed by atoms with Gasteiger partial charge in [0, 0.05) is 5.56 Å². The number of para-hydroxylation sites is 1. The molecule has 1 fully saturated rings. The molecule has 2 N–H and O–H groups in total. The minimum atomic E-state index is -0.755. The molecule has 8 nitrogen and oxygen atoms in total. The van der Waals surface area contributed by atoms with E-state index in [9.17, 15) is 18.8 Å². The van der Waals surface area contributed by atoms with Gasteiger partial charge >= 0.3 is 6.03 Å². The molecule has 1 saturated heterocycles. The molecule has 0 bridgehead atoms. The number of anilines is 1. The Morgan fingerprint density at radius 1 is 1.10 bits per heavy atom. The van der Waals surface area contributed by atoms with Crippen LogP contribution in [0.15, 0.2) is 79.0 Å². The molecule has 0 aliphatic carbocycles. The molecule has 0 saturated carbocycles. The molecule has 3 aromatic rings. The fraction of sp³-hybridized carbons (Fsp3) is 0.194. The summed E-state index contributed by atoms with van der Waals surface area (Å²) < 4.78 is 25.9. The molecular weight excluding hydrogens is 513 g/mol. The molecule has 40 heavy (non-hydrogen) atoms. The molecular formula is C31H30FN3O5. The molecule has 206 valence electrons. The average molecular weight is 544 g/mol. The first-order valence-corrected chi connectivity index (χ1v) is 12.8. The van der Waals surface area contributed by atoms with Gasteiger partial charge in [-0.25, -0.2) is 14.1 Å². The predicted molar refractivity (Wildman–Crippen MR) is 150 cm³/mol. The number of nitrogens with one attached hydrogen (secondary N) is 2. The Morgan fingerprint density at radius 3 is 2.55 bits per heavy atom. The van der Waals surface area contributed by atoms with Crippen LogP contribution >= 0.6 is 0 Å². The number of rotatable bonds is 11. The Morgan fingerprint density at radius 2 is 1.85 bits per heavy atom. The first-order valence-electron chi connectivity index (χ1n) is 12.8. The number of aryl methyl sites for hydroxylation is 1. The van der Waals surface area contributed by atoms with Gasteiger partial charge in [-0.1, -0.05) is 48.0 Å². The second-order valence-corrected chi connectivity index (χ2v) is 9.11. The maximum absolute atomic E-state index is 13.9. The van der Waals surface area contributed by atoms with Gasteiger partial charge in [0.25, 0.3) is 5.91 Å². The van der Waals surface area contributed by atoms with Crippen LogP contribution in [0.5, 0.6) is 11.5 Å². The second-order valence-electron chi connectivity index (χ2n) is 9.11. The third kappa shape index (κ3) is 6.74. The highest BCUT2D eigenvalue weighted by atomic mass is 19.1. The highest BCUT2D eigenvalue weighted by Gasteiger charge is 2.35. The Hall–Kier alpha value is -4.92. The van der Waals surface area contributed by atoms with Gasteiger partial charge in [-0.3, -0.25) is 9.59 Å². The summed E-state index contributed by atoms with van der Waals surface area (Å²) in [5.41, 5.74) is 3.48.